The smallest absolute Gasteiger partial charge is 0.0606 e. The number of anilines is 1. The number of benzene rings is 1. The van der Waals surface area contributed by atoms with Crippen molar-refractivity contribution in [2.24, 2.45) is 0 Å². The van der Waals surface area contributed by atoms with E-state index in [1.165, 1.54) is 11.3 Å². The molecule has 13 heavy (non-hydrogen) atoms. The van der Waals surface area contributed by atoms with Gasteiger partial charge < -0.3 is 10.0 Å². The van der Waals surface area contributed by atoms with Gasteiger partial charge in [-0.3, -0.25) is 0 Å². The van der Waals surface area contributed by atoms with Crippen LogP contribution in [0, 0.1) is 0 Å². The predicted octanol–water partition coefficient (Wildman–Crippen LogP) is 1.80. The van der Waals surface area contributed by atoms with Crippen LogP contribution in [0.1, 0.15) is 5.56 Å². The average molecular weight is 242 g/mol. The van der Waals surface area contributed by atoms with Crippen LogP contribution in [-0.2, 0) is 6.42 Å². The molecule has 0 bridgehead atoms. The largest absolute Gasteiger partial charge is 0.395 e. The summed E-state index contributed by atoms with van der Waals surface area (Å²) in [5.74, 6) is 0. The van der Waals surface area contributed by atoms with Crippen molar-refractivity contribution in [3.05, 3.63) is 28.2 Å². The highest BCUT2D eigenvalue weighted by Crippen LogP contribution is 2.30. The highest BCUT2D eigenvalue weighted by molar-refractivity contribution is 9.10. The molecule has 0 atom stereocenters. The van der Waals surface area contributed by atoms with E-state index < -0.39 is 0 Å². The third-order valence-corrected chi connectivity index (χ3v) is 2.90. The molecule has 0 aromatic heterocycles. The van der Waals surface area contributed by atoms with E-state index in [2.05, 4.69) is 39.0 Å². The standard InChI is InChI=1S/C10H12BrNO/c11-9-2-1-8-3-4-12(5-6-13)10(8)7-9/h1-2,7,13H,3-6H2. The van der Waals surface area contributed by atoms with Crippen LogP contribution in [-0.4, -0.2) is 24.8 Å². The third-order valence-electron chi connectivity index (χ3n) is 2.41. The van der Waals surface area contributed by atoms with Gasteiger partial charge in [0.15, 0.2) is 0 Å². The van der Waals surface area contributed by atoms with Crippen molar-refractivity contribution < 1.29 is 5.11 Å². The van der Waals surface area contributed by atoms with Gasteiger partial charge in [0.05, 0.1) is 6.61 Å². The van der Waals surface area contributed by atoms with E-state index in [1.807, 2.05) is 0 Å². The molecule has 0 aliphatic carbocycles. The van der Waals surface area contributed by atoms with Gasteiger partial charge in [-0.25, -0.2) is 0 Å². The van der Waals surface area contributed by atoms with Crippen LogP contribution in [0.2, 0.25) is 0 Å². The Morgan fingerprint density at radius 1 is 1.46 bits per heavy atom. The minimum Gasteiger partial charge on any atom is -0.395 e. The van der Waals surface area contributed by atoms with E-state index >= 15 is 0 Å². The summed E-state index contributed by atoms with van der Waals surface area (Å²) >= 11 is 3.45. The summed E-state index contributed by atoms with van der Waals surface area (Å²) < 4.78 is 1.11. The fourth-order valence-corrected chi connectivity index (χ4v) is 2.12. The SMILES string of the molecule is OCCN1CCc2ccc(Br)cc21. The normalized spacial score (nSPS) is 14.8. The fourth-order valence-electron chi connectivity index (χ4n) is 1.77. The van der Waals surface area contributed by atoms with Gasteiger partial charge in [-0.15, -0.1) is 0 Å². The molecular weight excluding hydrogens is 230 g/mol. The van der Waals surface area contributed by atoms with E-state index in [0.717, 1.165) is 24.0 Å². The molecule has 2 rings (SSSR count). The second-order valence-corrected chi connectivity index (χ2v) is 4.15. The number of β-amino-alcohol motifs (C(OH)–C–C–N with tert-alkyl or cyclic N) is 1. The number of aliphatic hydroxyl groups excluding tert-OH is 1. The van der Waals surface area contributed by atoms with E-state index in [4.69, 9.17) is 5.11 Å². The van der Waals surface area contributed by atoms with Gasteiger partial charge in [0.1, 0.15) is 0 Å². The molecule has 1 heterocycles. The maximum absolute atomic E-state index is 8.87. The van der Waals surface area contributed by atoms with E-state index in [1.54, 1.807) is 0 Å². The Bertz CT molecular complexity index is 312. The van der Waals surface area contributed by atoms with Gasteiger partial charge in [0.2, 0.25) is 0 Å². The zero-order valence-electron chi connectivity index (χ0n) is 7.33. The van der Waals surface area contributed by atoms with E-state index in [0.29, 0.717) is 0 Å². The molecule has 1 aliphatic heterocycles. The molecule has 70 valence electrons. The van der Waals surface area contributed by atoms with Crippen molar-refractivity contribution in [2.75, 3.05) is 24.6 Å². The molecule has 0 fully saturated rings. The number of hydrogen-bond acceptors (Lipinski definition) is 2. The number of halogens is 1. The number of rotatable bonds is 2. The Labute approximate surface area is 86.3 Å². The summed E-state index contributed by atoms with van der Waals surface area (Å²) in [6, 6.07) is 6.34. The second-order valence-electron chi connectivity index (χ2n) is 3.23. The van der Waals surface area contributed by atoms with Crippen LogP contribution in [0.25, 0.3) is 0 Å². The van der Waals surface area contributed by atoms with Crippen LogP contribution in [0.4, 0.5) is 5.69 Å². The zero-order valence-corrected chi connectivity index (χ0v) is 8.92. The monoisotopic (exact) mass is 241 g/mol. The summed E-state index contributed by atoms with van der Waals surface area (Å²) in [7, 11) is 0. The molecule has 2 nitrogen and oxygen atoms in total. The maximum Gasteiger partial charge on any atom is 0.0606 e. The number of hydrogen-bond donors (Lipinski definition) is 1. The molecule has 1 aromatic rings. The first-order chi connectivity index (χ1) is 6.31. The lowest BCUT2D eigenvalue weighted by atomic mass is 10.2. The van der Waals surface area contributed by atoms with Crippen LogP contribution in [0.5, 0.6) is 0 Å². The molecule has 1 aliphatic rings. The van der Waals surface area contributed by atoms with Crippen molar-refractivity contribution in [2.45, 2.75) is 6.42 Å². The first-order valence-electron chi connectivity index (χ1n) is 4.45. The highest BCUT2D eigenvalue weighted by Gasteiger charge is 2.17. The Hall–Kier alpha value is -0.540. The summed E-state index contributed by atoms with van der Waals surface area (Å²) in [6.45, 7) is 2.00. The van der Waals surface area contributed by atoms with Crippen LogP contribution >= 0.6 is 15.9 Å². The summed E-state index contributed by atoms with van der Waals surface area (Å²) in [6.07, 6.45) is 1.10. The minimum absolute atomic E-state index is 0.228. The van der Waals surface area contributed by atoms with Gasteiger partial charge in [0, 0.05) is 23.2 Å². The predicted molar refractivity (Wildman–Crippen MR) is 57.1 cm³/mol. The van der Waals surface area contributed by atoms with Crippen LogP contribution in [0.15, 0.2) is 22.7 Å². The Morgan fingerprint density at radius 2 is 2.31 bits per heavy atom. The summed E-state index contributed by atoms with van der Waals surface area (Å²) in [5.41, 5.74) is 2.65. The first kappa shape index (κ1) is 9.03. The number of fused-ring (bicyclic) bond motifs is 1. The van der Waals surface area contributed by atoms with Crippen molar-refractivity contribution in [3.8, 4) is 0 Å². The Balaban J connectivity index is 2.29. The van der Waals surface area contributed by atoms with Gasteiger partial charge in [-0.2, -0.15) is 0 Å². The third kappa shape index (κ3) is 1.71. The molecule has 0 saturated heterocycles. The molecule has 1 aromatic carbocycles. The van der Waals surface area contributed by atoms with E-state index in [9.17, 15) is 0 Å². The molecular formula is C10H12BrNO. The Morgan fingerprint density at radius 3 is 3.08 bits per heavy atom. The van der Waals surface area contributed by atoms with E-state index in [-0.39, 0.29) is 6.61 Å². The molecule has 0 spiro atoms. The van der Waals surface area contributed by atoms with Crippen LogP contribution in [0.3, 0.4) is 0 Å². The molecule has 0 amide bonds. The van der Waals surface area contributed by atoms with Crippen molar-refractivity contribution >= 4 is 21.6 Å². The highest BCUT2D eigenvalue weighted by atomic mass is 79.9. The lowest BCUT2D eigenvalue weighted by Gasteiger charge is -2.17. The van der Waals surface area contributed by atoms with Crippen LogP contribution < -0.4 is 4.90 Å². The molecule has 0 saturated carbocycles. The number of nitrogens with zero attached hydrogens (tertiary/aromatic N) is 1. The zero-order chi connectivity index (χ0) is 9.26. The quantitative estimate of drug-likeness (QED) is 0.854. The maximum atomic E-state index is 8.87. The summed E-state index contributed by atoms with van der Waals surface area (Å²) in [4.78, 5) is 2.22. The van der Waals surface area contributed by atoms with Crippen molar-refractivity contribution in [1.82, 2.24) is 0 Å². The minimum atomic E-state index is 0.228. The fraction of sp³-hybridized carbons (Fsp3) is 0.400. The second kappa shape index (κ2) is 3.68. The lowest BCUT2D eigenvalue weighted by Crippen LogP contribution is -2.23. The molecule has 3 heteroatoms. The number of aliphatic hydroxyl groups is 1. The Kier molecular flexibility index (Phi) is 2.56. The molecule has 0 unspecified atom stereocenters. The van der Waals surface area contributed by atoms with Gasteiger partial charge >= 0.3 is 0 Å². The van der Waals surface area contributed by atoms with Gasteiger partial charge in [-0.05, 0) is 24.1 Å². The van der Waals surface area contributed by atoms with Crippen molar-refractivity contribution in [1.29, 1.82) is 0 Å². The lowest BCUT2D eigenvalue weighted by molar-refractivity contribution is 0.303. The summed E-state index contributed by atoms with van der Waals surface area (Å²) in [5, 5.41) is 8.87. The van der Waals surface area contributed by atoms with Gasteiger partial charge in [-0.1, -0.05) is 22.0 Å². The molecule has 0 radical (unpaired) electrons. The molecule has 1 N–H and O–H groups in total. The topological polar surface area (TPSA) is 23.5 Å². The van der Waals surface area contributed by atoms with Crippen molar-refractivity contribution in [3.63, 3.8) is 0 Å². The average Bonchev–Trinajstić information content (AvgIpc) is 2.49. The first-order valence-corrected chi connectivity index (χ1v) is 5.25. The van der Waals surface area contributed by atoms with Gasteiger partial charge in [0.25, 0.3) is 0 Å².